The van der Waals surface area contributed by atoms with E-state index < -0.39 is 12.1 Å². The van der Waals surface area contributed by atoms with Crippen LogP contribution >= 0.6 is 15.9 Å². The molecular formula is C17H13BrN2O4. The summed E-state index contributed by atoms with van der Waals surface area (Å²) in [6, 6.07) is 13.8. The van der Waals surface area contributed by atoms with Crippen molar-refractivity contribution in [3.05, 3.63) is 64.5 Å². The van der Waals surface area contributed by atoms with Crippen LogP contribution in [0.15, 0.2) is 57.4 Å². The SMILES string of the molecule is C[C@@H](OC(=O)c1cc(Br)ccc1O)c1nnc(-c2ccccc2)o1. The predicted octanol–water partition coefficient (Wildman–Crippen LogP) is 4.12. The molecule has 3 rings (SSSR count). The van der Waals surface area contributed by atoms with Gasteiger partial charge in [-0.3, -0.25) is 0 Å². The van der Waals surface area contributed by atoms with Crippen LogP contribution in [0.1, 0.15) is 29.3 Å². The Labute approximate surface area is 146 Å². The molecule has 1 aromatic heterocycles. The Hall–Kier alpha value is -2.67. The number of rotatable bonds is 4. The van der Waals surface area contributed by atoms with E-state index in [0.29, 0.717) is 10.4 Å². The zero-order valence-electron chi connectivity index (χ0n) is 12.6. The lowest BCUT2D eigenvalue weighted by Crippen LogP contribution is -2.10. The molecule has 7 heteroatoms. The summed E-state index contributed by atoms with van der Waals surface area (Å²) in [5.41, 5.74) is 0.832. The molecule has 122 valence electrons. The Bertz CT molecular complexity index is 864. The second kappa shape index (κ2) is 6.84. The van der Waals surface area contributed by atoms with Crippen LogP contribution in [0.3, 0.4) is 0 Å². The van der Waals surface area contributed by atoms with Crippen molar-refractivity contribution in [3.63, 3.8) is 0 Å². The number of phenolic OH excluding ortho intramolecular Hbond substituents is 1. The zero-order valence-corrected chi connectivity index (χ0v) is 14.2. The van der Waals surface area contributed by atoms with E-state index in [1.54, 1.807) is 13.0 Å². The molecule has 0 saturated heterocycles. The number of phenols is 1. The highest BCUT2D eigenvalue weighted by Crippen LogP contribution is 2.26. The average molecular weight is 389 g/mol. The van der Waals surface area contributed by atoms with E-state index in [4.69, 9.17) is 9.15 Å². The van der Waals surface area contributed by atoms with Crippen molar-refractivity contribution in [1.29, 1.82) is 0 Å². The first-order valence-electron chi connectivity index (χ1n) is 7.13. The van der Waals surface area contributed by atoms with Crippen molar-refractivity contribution >= 4 is 21.9 Å². The van der Waals surface area contributed by atoms with Crippen LogP contribution in [0.2, 0.25) is 0 Å². The van der Waals surface area contributed by atoms with Gasteiger partial charge in [0.15, 0.2) is 6.10 Å². The first kappa shape index (κ1) is 16.2. The molecule has 0 aliphatic heterocycles. The maximum Gasteiger partial charge on any atom is 0.342 e. The minimum atomic E-state index is -0.749. The molecule has 6 nitrogen and oxygen atoms in total. The molecular weight excluding hydrogens is 376 g/mol. The summed E-state index contributed by atoms with van der Waals surface area (Å²) in [6.45, 7) is 1.62. The Morgan fingerprint density at radius 3 is 2.71 bits per heavy atom. The second-order valence-corrected chi connectivity index (χ2v) is 5.94. The first-order chi connectivity index (χ1) is 11.5. The maximum absolute atomic E-state index is 12.2. The van der Waals surface area contributed by atoms with Crippen LogP contribution in [0, 0.1) is 0 Å². The standard InChI is InChI=1S/C17H13BrN2O4/c1-10(23-17(22)13-9-12(18)7-8-14(13)21)15-19-20-16(24-15)11-5-3-2-4-6-11/h2-10,21H,1H3/t10-/m1/s1. The van der Waals surface area contributed by atoms with Crippen molar-refractivity contribution in [2.45, 2.75) is 13.0 Å². The number of carbonyl (C=O) groups excluding carboxylic acids is 1. The molecule has 0 saturated carbocycles. The Morgan fingerprint density at radius 2 is 1.96 bits per heavy atom. The highest BCUT2D eigenvalue weighted by molar-refractivity contribution is 9.10. The molecule has 24 heavy (non-hydrogen) atoms. The van der Waals surface area contributed by atoms with Crippen molar-refractivity contribution in [3.8, 4) is 17.2 Å². The lowest BCUT2D eigenvalue weighted by atomic mass is 10.2. The highest BCUT2D eigenvalue weighted by Gasteiger charge is 2.21. The van der Waals surface area contributed by atoms with Gasteiger partial charge in [0.2, 0.25) is 5.89 Å². The van der Waals surface area contributed by atoms with Gasteiger partial charge < -0.3 is 14.3 Å². The molecule has 1 N–H and O–H groups in total. The van der Waals surface area contributed by atoms with Crippen LogP contribution in [0.5, 0.6) is 5.75 Å². The van der Waals surface area contributed by atoms with Gasteiger partial charge in [-0.1, -0.05) is 34.1 Å². The zero-order chi connectivity index (χ0) is 17.1. The van der Waals surface area contributed by atoms with Gasteiger partial charge in [-0.15, -0.1) is 10.2 Å². The molecule has 3 aromatic rings. The van der Waals surface area contributed by atoms with Crippen LogP contribution in [0.25, 0.3) is 11.5 Å². The predicted molar refractivity (Wildman–Crippen MR) is 89.4 cm³/mol. The molecule has 0 aliphatic rings. The van der Waals surface area contributed by atoms with Crippen molar-refractivity contribution < 1.29 is 19.1 Å². The fourth-order valence-corrected chi connectivity index (χ4v) is 2.40. The van der Waals surface area contributed by atoms with E-state index in [-0.39, 0.29) is 17.2 Å². The van der Waals surface area contributed by atoms with E-state index in [0.717, 1.165) is 5.56 Å². The third-order valence-electron chi connectivity index (χ3n) is 3.27. The smallest absolute Gasteiger partial charge is 0.342 e. The molecule has 0 fully saturated rings. The number of aromatic hydroxyl groups is 1. The van der Waals surface area contributed by atoms with Crippen molar-refractivity contribution in [2.24, 2.45) is 0 Å². The van der Waals surface area contributed by atoms with E-state index in [2.05, 4.69) is 26.1 Å². The van der Waals surface area contributed by atoms with Gasteiger partial charge in [-0.05, 0) is 37.3 Å². The normalized spacial score (nSPS) is 11.9. The van der Waals surface area contributed by atoms with E-state index in [1.807, 2.05) is 30.3 Å². The summed E-state index contributed by atoms with van der Waals surface area (Å²) in [5.74, 6) is -0.317. The summed E-state index contributed by atoms with van der Waals surface area (Å²) >= 11 is 3.25. The number of carbonyl (C=O) groups is 1. The second-order valence-electron chi connectivity index (χ2n) is 5.02. The molecule has 1 atom stereocenters. The first-order valence-corrected chi connectivity index (χ1v) is 7.92. The number of hydrogen-bond acceptors (Lipinski definition) is 6. The lowest BCUT2D eigenvalue weighted by Gasteiger charge is -2.10. The van der Waals surface area contributed by atoms with E-state index >= 15 is 0 Å². The quantitative estimate of drug-likeness (QED) is 0.676. The van der Waals surface area contributed by atoms with Gasteiger partial charge in [-0.25, -0.2) is 4.79 Å². The topological polar surface area (TPSA) is 85.5 Å². The summed E-state index contributed by atoms with van der Waals surface area (Å²) in [7, 11) is 0. The summed E-state index contributed by atoms with van der Waals surface area (Å²) < 4.78 is 11.5. The number of aromatic nitrogens is 2. The summed E-state index contributed by atoms with van der Waals surface area (Å²) in [5, 5.41) is 17.6. The number of nitrogens with zero attached hydrogens (tertiary/aromatic N) is 2. The minimum Gasteiger partial charge on any atom is -0.507 e. The fourth-order valence-electron chi connectivity index (χ4n) is 2.04. The minimum absolute atomic E-state index is 0.0547. The van der Waals surface area contributed by atoms with Gasteiger partial charge >= 0.3 is 5.97 Å². The van der Waals surface area contributed by atoms with Gasteiger partial charge in [-0.2, -0.15) is 0 Å². The van der Waals surface area contributed by atoms with Crippen molar-refractivity contribution in [2.75, 3.05) is 0 Å². The van der Waals surface area contributed by atoms with Crippen LogP contribution in [0.4, 0.5) is 0 Å². The molecule has 1 heterocycles. The number of halogens is 1. The van der Waals surface area contributed by atoms with E-state index in [1.165, 1.54) is 12.1 Å². The molecule has 0 spiro atoms. The number of ether oxygens (including phenoxy) is 1. The molecule has 0 aliphatic carbocycles. The number of esters is 1. The van der Waals surface area contributed by atoms with Gasteiger partial charge in [0.25, 0.3) is 5.89 Å². The largest absolute Gasteiger partial charge is 0.507 e. The maximum atomic E-state index is 12.2. The fraction of sp³-hybridized carbons (Fsp3) is 0.118. The summed E-state index contributed by atoms with van der Waals surface area (Å²) in [6.07, 6.45) is -0.749. The Kier molecular flexibility index (Phi) is 4.61. The third kappa shape index (κ3) is 3.46. The lowest BCUT2D eigenvalue weighted by molar-refractivity contribution is 0.0276. The molecule has 0 amide bonds. The van der Waals surface area contributed by atoms with Crippen LogP contribution < -0.4 is 0 Å². The summed E-state index contributed by atoms with van der Waals surface area (Å²) in [4.78, 5) is 12.2. The average Bonchev–Trinajstić information content (AvgIpc) is 3.08. The highest BCUT2D eigenvalue weighted by atomic mass is 79.9. The Balaban J connectivity index is 1.75. The van der Waals surface area contributed by atoms with Gasteiger partial charge in [0.1, 0.15) is 11.3 Å². The van der Waals surface area contributed by atoms with Gasteiger partial charge in [0, 0.05) is 10.0 Å². The molecule has 0 radical (unpaired) electrons. The number of benzene rings is 2. The van der Waals surface area contributed by atoms with Gasteiger partial charge in [0.05, 0.1) is 0 Å². The van der Waals surface area contributed by atoms with Crippen LogP contribution in [-0.4, -0.2) is 21.3 Å². The number of hydrogen-bond donors (Lipinski definition) is 1. The van der Waals surface area contributed by atoms with Crippen LogP contribution in [-0.2, 0) is 4.74 Å². The molecule has 0 bridgehead atoms. The monoisotopic (exact) mass is 388 g/mol. The van der Waals surface area contributed by atoms with Crippen molar-refractivity contribution in [1.82, 2.24) is 10.2 Å². The molecule has 0 unspecified atom stereocenters. The molecule has 2 aromatic carbocycles. The van der Waals surface area contributed by atoms with E-state index in [9.17, 15) is 9.90 Å². The Morgan fingerprint density at radius 1 is 1.21 bits per heavy atom. The third-order valence-corrected chi connectivity index (χ3v) is 3.76.